The summed E-state index contributed by atoms with van der Waals surface area (Å²) in [6.45, 7) is 0.458. The molecular formula is C16H17FN2O2. The number of anilines is 1. The molecule has 110 valence electrons. The fourth-order valence-electron chi connectivity index (χ4n) is 1.85. The highest BCUT2D eigenvalue weighted by Gasteiger charge is 2.07. The first kappa shape index (κ1) is 15.0. The lowest BCUT2D eigenvalue weighted by molar-refractivity contribution is -0.116. The second-order valence-corrected chi connectivity index (χ2v) is 4.44. The first-order valence-corrected chi connectivity index (χ1v) is 6.66. The maximum absolute atomic E-state index is 13.3. The molecule has 0 aromatic heterocycles. The van der Waals surface area contributed by atoms with E-state index in [-0.39, 0.29) is 24.7 Å². The van der Waals surface area contributed by atoms with Gasteiger partial charge in [0, 0.05) is 12.2 Å². The number of hydrogen-bond acceptors (Lipinski definition) is 3. The third-order valence-corrected chi connectivity index (χ3v) is 2.93. The maximum Gasteiger partial charge on any atom is 0.227 e. The lowest BCUT2D eigenvalue weighted by atomic mass is 10.2. The molecule has 0 aliphatic heterocycles. The summed E-state index contributed by atoms with van der Waals surface area (Å²) in [6.07, 6.45) is 0.132. The number of benzene rings is 2. The molecule has 0 aliphatic carbocycles. The predicted molar refractivity (Wildman–Crippen MR) is 79.5 cm³/mol. The number of carbonyl (C=O) groups excluding carboxylic acids is 1. The van der Waals surface area contributed by atoms with Crippen molar-refractivity contribution in [3.05, 3.63) is 59.9 Å². The molecule has 1 amide bonds. The highest BCUT2D eigenvalue weighted by Crippen LogP contribution is 2.16. The Labute approximate surface area is 122 Å². The second-order valence-electron chi connectivity index (χ2n) is 4.44. The zero-order valence-electron chi connectivity index (χ0n) is 11.5. The topological polar surface area (TPSA) is 64.3 Å². The summed E-state index contributed by atoms with van der Waals surface area (Å²) in [4.78, 5) is 11.8. The number of halogens is 1. The van der Waals surface area contributed by atoms with Crippen LogP contribution in [0.25, 0.3) is 0 Å². The number of nitrogens with two attached hydrogens (primary N) is 1. The summed E-state index contributed by atoms with van der Waals surface area (Å²) in [7, 11) is 0. The third kappa shape index (κ3) is 4.29. The summed E-state index contributed by atoms with van der Waals surface area (Å²) in [5.74, 6) is -0.494. The Morgan fingerprint density at radius 1 is 1.14 bits per heavy atom. The van der Waals surface area contributed by atoms with Crippen molar-refractivity contribution in [1.82, 2.24) is 0 Å². The number of hydrogen-bond donors (Lipinski definition) is 2. The van der Waals surface area contributed by atoms with E-state index in [1.807, 2.05) is 18.2 Å². The van der Waals surface area contributed by atoms with Gasteiger partial charge in [0.2, 0.25) is 5.91 Å². The smallest absolute Gasteiger partial charge is 0.227 e. The fraction of sp³-hybridized carbons (Fsp3) is 0.188. The van der Waals surface area contributed by atoms with Gasteiger partial charge in [-0.1, -0.05) is 30.3 Å². The highest BCUT2D eigenvalue weighted by atomic mass is 19.1. The highest BCUT2D eigenvalue weighted by molar-refractivity contribution is 5.91. The normalized spacial score (nSPS) is 10.2. The zero-order chi connectivity index (χ0) is 15.1. The molecule has 0 saturated heterocycles. The van der Waals surface area contributed by atoms with Gasteiger partial charge in [-0.3, -0.25) is 4.79 Å². The van der Waals surface area contributed by atoms with Gasteiger partial charge in [-0.2, -0.15) is 0 Å². The first-order valence-electron chi connectivity index (χ1n) is 6.66. The van der Waals surface area contributed by atoms with Crippen molar-refractivity contribution in [2.75, 3.05) is 11.9 Å². The average molecular weight is 288 g/mol. The van der Waals surface area contributed by atoms with Crippen molar-refractivity contribution < 1.29 is 13.9 Å². The number of carbonyl (C=O) groups is 1. The van der Waals surface area contributed by atoms with E-state index in [4.69, 9.17) is 10.5 Å². The maximum atomic E-state index is 13.3. The van der Waals surface area contributed by atoms with Crippen LogP contribution in [0.2, 0.25) is 0 Å². The molecule has 2 rings (SSSR count). The van der Waals surface area contributed by atoms with Crippen LogP contribution in [0.5, 0.6) is 5.75 Å². The molecule has 0 bridgehead atoms. The monoisotopic (exact) mass is 288 g/mol. The first-order chi connectivity index (χ1) is 10.2. The quantitative estimate of drug-likeness (QED) is 0.859. The van der Waals surface area contributed by atoms with E-state index >= 15 is 0 Å². The largest absolute Gasteiger partial charge is 0.490 e. The molecule has 3 N–H and O–H groups in total. The van der Waals surface area contributed by atoms with Crippen molar-refractivity contribution in [3.8, 4) is 5.75 Å². The van der Waals surface area contributed by atoms with Crippen molar-refractivity contribution in [2.24, 2.45) is 5.73 Å². The van der Waals surface area contributed by atoms with Crippen LogP contribution < -0.4 is 15.8 Å². The van der Waals surface area contributed by atoms with Crippen LogP contribution in [-0.4, -0.2) is 12.5 Å². The molecule has 0 fully saturated rings. The van der Waals surface area contributed by atoms with Crippen molar-refractivity contribution >= 4 is 11.6 Å². The molecule has 5 heteroatoms. The zero-order valence-corrected chi connectivity index (χ0v) is 11.5. The van der Waals surface area contributed by atoms with Crippen LogP contribution in [0.1, 0.15) is 12.0 Å². The Balaban J connectivity index is 1.84. The van der Waals surface area contributed by atoms with Crippen LogP contribution in [-0.2, 0) is 11.3 Å². The predicted octanol–water partition coefficient (Wildman–Crippen LogP) is 2.69. The molecule has 0 aliphatic rings. The minimum absolute atomic E-state index is 0.109. The molecule has 0 atom stereocenters. The molecule has 4 nitrogen and oxygen atoms in total. The van der Waals surface area contributed by atoms with Crippen LogP contribution in [0.15, 0.2) is 48.5 Å². The molecule has 0 heterocycles. The second kappa shape index (κ2) is 7.40. The average Bonchev–Trinajstić information content (AvgIpc) is 2.50. The Hall–Kier alpha value is -2.40. The van der Waals surface area contributed by atoms with Gasteiger partial charge in [0.25, 0.3) is 0 Å². The van der Waals surface area contributed by atoms with Crippen LogP contribution in [0.3, 0.4) is 0 Å². The summed E-state index contributed by atoms with van der Waals surface area (Å²) in [6, 6.07) is 13.4. The van der Waals surface area contributed by atoms with E-state index in [9.17, 15) is 9.18 Å². The van der Waals surface area contributed by atoms with E-state index in [2.05, 4.69) is 5.32 Å². The summed E-state index contributed by atoms with van der Waals surface area (Å²) in [5.41, 5.74) is 7.15. The Morgan fingerprint density at radius 3 is 2.62 bits per heavy atom. The number of para-hydroxylation sites is 2. The van der Waals surface area contributed by atoms with Gasteiger partial charge in [0.1, 0.15) is 0 Å². The number of ether oxygens (including phenoxy) is 1. The third-order valence-electron chi connectivity index (χ3n) is 2.93. The minimum Gasteiger partial charge on any atom is -0.490 e. The molecule has 2 aromatic rings. The Morgan fingerprint density at radius 2 is 1.86 bits per heavy atom. The van der Waals surface area contributed by atoms with Gasteiger partial charge in [-0.15, -0.1) is 0 Å². The van der Waals surface area contributed by atoms with Gasteiger partial charge in [-0.25, -0.2) is 4.39 Å². The lowest BCUT2D eigenvalue weighted by Gasteiger charge is -2.10. The fourth-order valence-corrected chi connectivity index (χ4v) is 1.85. The molecule has 2 aromatic carbocycles. The van der Waals surface area contributed by atoms with Crippen LogP contribution in [0, 0.1) is 5.82 Å². The molecular weight excluding hydrogens is 271 g/mol. The van der Waals surface area contributed by atoms with Crippen molar-refractivity contribution in [3.63, 3.8) is 0 Å². The molecule has 21 heavy (non-hydrogen) atoms. The molecule has 0 unspecified atom stereocenters. The van der Waals surface area contributed by atoms with Gasteiger partial charge < -0.3 is 15.8 Å². The lowest BCUT2D eigenvalue weighted by Crippen LogP contribution is -2.17. The van der Waals surface area contributed by atoms with E-state index in [0.29, 0.717) is 12.2 Å². The molecule has 0 saturated carbocycles. The summed E-state index contributed by atoms with van der Waals surface area (Å²) >= 11 is 0. The summed E-state index contributed by atoms with van der Waals surface area (Å²) < 4.78 is 18.6. The van der Waals surface area contributed by atoms with Crippen LogP contribution in [0.4, 0.5) is 10.1 Å². The standard InChI is InChI=1S/C16H17FN2O2/c17-13-6-2-4-8-15(13)21-10-9-16(20)19-14-7-3-1-5-12(14)11-18/h1-8H,9-11,18H2,(H,19,20). The van der Waals surface area contributed by atoms with Crippen molar-refractivity contribution in [2.45, 2.75) is 13.0 Å². The van der Waals surface area contributed by atoms with Gasteiger partial charge in [0.05, 0.1) is 13.0 Å². The van der Waals surface area contributed by atoms with Gasteiger partial charge in [-0.05, 0) is 23.8 Å². The Kier molecular flexibility index (Phi) is 5.29. The van der Waals surface area contributed by atoms with Crippen molar-refractivity contribution in [1.29, 1.82) is 0 Å². The van der Waals surface area contributed by atoms with Gasteiger partial charge in [0.15, 0.2) is 11.6 Å². The summed E-state index contributed by atoms with van der Waals surface area (Å²) in [5, 5.41) is 2.77. The SMILES string of the molecule is NCc1ccccc1NC(=O)CCOc1ccccc1F. The molecule has 0 spiro atoms. The van der Waals surface area contributed by atoms with E-state index in [1.165, 1.54) is 12.1 Å². The van der Waals surface area contributed by atoms with Crippen LogP contribution >= 0.6 is 0 Å². The van der Waals surface area contributed by atoms with E-state index < -0.39 is 5.82 Å². The number of nitrogens with one attached hydrogen (secondary N) is 1. The van der Waals surface area contributed by atoms with E-state index in [1.54, 1.807) is 18.2 Å². The Bertz CT molecular complexity index is 617. The molecule has 0 radical (unpaired) electrons. The number of amides is 1. The number of rotatable bonds is 6. The minimum atomic E-state index is -0.439. The van der Waals surface area contributed by atoms with Gasteiger partial charge >= 0.3 is 0 Å². The van der Waals surface area contributed by atoms with E-state index in [0.717, 1.165) is 5.56 Å².